The zero-order valence-electron chi connectivity index (χ0n) is 24.8. The topological polar surface area (TPSA) is 37.3 Å². The molecule has 0 aliphatic carbocycles. The second-order valence-corrected chi connectivity index (χ2v) is 12.1. The van der Waals surface area contributed by atoms with Gasteiger partial charge >= 0.3 is 5.97 Å². The van der Waals surface area contributed by atoms with Crippen LogP contribution in [0.25, 0.3) is 0 Å². The highest BCUT2D eigenvalue weighted by molar-refractivity contribution is 5.67. The number of hydrogen-bond acceptors (Lipinski definition) is 1. The van der Waals surface area contributed by atoms with E-state index in [0.717, 1.165) is 12.8 Å². The lowest BCUT2D eigenvalue weighted by atomic mass is 9.71. The fourth-order valence-electron chi connectivity index (χ4n) is 5.96. The molecule has 0 fully saturated rings. The van der Waals surface area contributed by atoms with Gasteiger partial charge in [-0.15, -0.1) is 0 Å². The molecule has 210 valence electrons. The molecular formula is C33H66O2. The maximum atomic E-state index is 11.7. The third-order valence-electron chi connectivity index (χ3n) is 8.23. The Morgan fingerprint density at radius 1 is 0.571 bits per heavy atom. The number of rotatable bonds is 28. The molecule has 0 aromatic carbocycles. The third kappa shape index (κ3) is 23.6. The monoisotopic (exact) mass is 495 g/mol. The summed E-state index contributed by atoms with van der Waals surface area (Å²) >= 11 is 0. The SMILES string of the molecule is CCCCCCCCCC(CC(=O)O)CC(C)(CCCCCCCCC)CCCCCCCCC. The van der Waals surface area contributed by atoms with E-state index in [1.54, 1.807) is 0 Å². The van der Waals surface area contributed by atoms with Crippen LogP contribution in [-0.4, -0.2) is 11.1 Å². The van der Waals surface area contributed by atoms with Crippen LogP contribution >= 0.6 is 0 Å². The molecule has 2 nitrogen and oxygen atoms in total. The fourth-order valence-corrected chi connectivity index (χ4v) is 5.96. The van der Waals surface area contributed by atoms with Crippen LogP contribution in [0.15, 0.2) is 0 Å². The molecule has 0 radical (unpaired) electrons. The van der Waals surface area contributed by atoms with Gasteiger partial charge in [0.15, 0.2) is 0 Å². The normalized spacial score (nSPS) is 12.8. The fraction of sp³-hybridized carbons (Fsp3) is 0.970. The standard InChI is InChI=1S/C33H66O2/c1-5-8-11-14-17-20-23-26-31(29-32(34)35)30-33(4,27-24-21-18-15-12-9-6-2)28-25-22-19-16-13-10-7-3/h31H,5-30H2,1-4H3,(H,34,35). The lowest BCUT2D eigenvalue weighted by Crippen LogP contribution is -2.23. The van der Waals surface area contributed by atoms with Gasteiger partial charge in [-0.3, -0.25) is 4.79 Å². The maximum Gasteiger partial charge on any atom is 0.303 e. The zero-order valence-corrected chi connectivity index (χ0v) is 24.8. The lowest BCUT2D eigenvalue weighted by molar-refractivity contribution is -0.138. The molecule has 2 heteroatoms. The van der Waals surface area contributed by atoms with E-state index >= 15 is 0 Å². The first kappa shape index (κ1) is 34.5. The van der Waals surface area contributed by atoms with Crippen molar-refractivity contribution < 1.29 is 9.90 Å². The van der Waals surface area contributed by atoms with Crippen molar-refractivity contribution in [1.29, 1.82) is 0 Å². The Kier molecular flexibility index (Phi) is 24.8. The Balaban J connectivity index is 4.66. The van der Waals surface area contributed by atoms with Crippen LogP contribution in [0.2, 0.25) is 0 Å². The molecule has 0 aromatic rings. The van der Waals surface area contributed by atoms with Crippen LogP contribution < -0.4 is 0 Å². The Hall–Kier alpha value is -0.530. The minimum absolute atomic E-state index is 0.327. The summed E-state index contributed by atoms with van der Waals surface area (Å²) in [4.78, 5) is 11.7. The second-order valence-electron chi connectivity index (χ2n) is 12.1. The van der Waals surface area contributed by atoms with Crippen molar-refractivity contribution in [2.24, 2.45) is 11.3 Å². The summed E-state index contributed by atoms with van der Waals surface area (Å²) in [6.45, 7) is 9.34. The Labute approximate surface area is 221 Å². The Morgan fingerprint density at radius 3 is 1.29 bits per heavy atom. The number of carboxylic acid groups (broad SMARTS) is 1. The molecule has 0 rings (SSSR count). The molecule has 0 saturated heterocycles. The largest absolute Gasteiger partial charge is 0.481 e. The van der Waals surface area contributed by atoms with E-state index in [1.807, 2.05) is 0 Å². The van der Waals surface area contributed by atoms with E-state index in [2.05, 4.69) is 27.7 Å². The second kappa shape index (κ2) is 25.1. The predicted octanol–water partition coefficient (Wildman–Crippen LogP) is 11.9. The van der Waals surface area contributed by atoms with Crippen molar-refractivity contribution >= 4 is 5.97 Å². The van der Waals surface area contributed by atoms with Crippen molar-refractivity contribution in [1.82, 2.24) is 0 Å². The summed E-state index contributed by atoms with van der Waals surface area (Å²) in [6, 6.07) is 0. The number of carboxylic acids is 1. The molecule has 0 saturated carbocycles. The van der Waals surface area contributed by atoms with Crippen LogP contribution in [0.1, 0.15) is 195 Å². The van der Waals surface area contributed by atoms with E-state index in [0.29, 0.717) is 17.8 Å². The van der Waals surface area contributed by atoms with Crippen molar-refractivity contribution in [2.45, 2.75) is 195 Å². The molecule has 0 aliphatic rings. The van der Waals surface area contributed by atoms with Crippen LogP contribution in [0.3, 0.4) is 0 Å². The first-order valence-corrected chi connectivity index (χ1v) is 16.2. The summed E-state index contributed by atoms with van der Waals surface area (Å²) in [5.74, 6) is -0.227. The molecule has 1 atom stereocenters. The molecule has 0 spiro atoms. The minimum Gasteiger partial charge on any atom is -0.481 e. The van der Waals surface area contributed by atoms with Crippen LogP contribution in [-0.2, 0) is 4.79 Å². The van der Waals surface area contributed by atoms with Crippen molar-refractivity contribution in [3.05, 3.63) is 0 Å². The molecule has 0 bridgehead atoms. The van der Waals surface area contributed by atoms with Gasteiger partial charge in [0.1, 0.15) is 0 Å². The zero-order chi connectivity index (χ0) is 26.0. The quantitative estimate of drug-likeness (QED) is 0.110. The number of carbonyl (C=O) groups is 1. The van der Waals surface area contributed by atoms with Gasteiger partial charge in [-0.2, -0.15) is 0 Å². The molecule has 1 N–H and O–H groups in total. The summed E-state index contributed by atoms with van der Waals surface area (Å²) in [7, 11) is 0. The molecule has 1 unspecified atom stereocenters. The van der Waals surface area contributed by atoms with Gasteiger partial charge < -0.3 is 5.11 Å². The van der Waals surface area contributed by atoms with E-state index in [4.69, 9.17) is 0 Å². The van der Waals surface area contributed by atoms with E-state index in [9.17, 15) is 9.90 Å². The minimum atomic E-state index is -0.591. The van der Waals surface area contributed by atoms with E-state index in [-0.39, 0.29) is 0 Å². The first-order chi connectivity index (χ1) is 17.0. The summed E-state index contributed by atoms with van der Waals surface area (Å²) in [6.07, 6.45) is 33.5. The highest BCUT2D eigenvalue weighted by atomic mass is 16.4. The highest BCUT2D eigenvalue weighted by Gasteiger charge is 2.28. The third-order valence-corrected chi connectivity index (χ3v) is 8.23. The molecule has 0 aromatic heterocycles. The Morgan fingerprint density at radius 2 is 0.914 bits per heavy atom. The van der Waals surface area contributed by atoms with Crippen molar-refractivity contribution in [2.75, 3.05) is 0 Å². The predicted molar refractivity (Wildman–Crippen MR) is 156 cm³/mol. The first-order valence-electron chi connectivity index (χ1n) is 16.2. The number of aliphatic carboxylic acids is 1. The average Bonchev–Trinajstić information content (AvgIpc) is 2.82. The van der Waals surface area contributed by atoms with Crippen molar-refractivity contribution in [3.8, 4) is 0 Å². The Bertz CT molecular complexity index is 426. The van der Waals surface area contributed by atoms with Gasteiger partial charge in [-0.25, -0.2) is 0 Å². The van der Waals surface area contributed by atoms with Crippen LogP contribution in [0.5, 0.6) is 0 Å². The van der Waals surface area contributed by atoms with Crippen LogP contribution in [0, 0.1) is 11.3 Å². The van der Waals surface area contributed by atoms with Crippen molar-refractivity contribution in [3.63, 3.8) is 0 Å². The number of hydrogen-bond donors (Lipinski definition) is 1. The molecule has 35 heavy (non-hydrogen) atoms. The lowest BCUT2D eigenvalue weighted by Gasteiger charge is -2.34. The van der Waals surface area contributed by atoms with Gasteiger partial charge in [-0.1, -0.05) is 163 Å². The van der Waals surface area contributed by atoms with Gasteiger partial charge in [-0.05, 0) is 37.0 Å². The smallest absolute Gasteiger partial charge is 0.303 e. The average molecular weight is 495 g/mol. The number of unbranched alkanes of at least 4 members (excludes halogenated alkanes) is 18. The maximum absolute atomic E-state index is 11.7. The molecule has 0 amide bonds. The van der Waals surface area contributed by atoms with Crippen LogP contribution in [0.4, 0.5) is 0 Å². The highest BCUT2D eigenvalue weighted by Crippen LogP contribution is 2.40. The summed E-state index contributed by atoms with van der Waals surface area (Å²) in [5.41, 5.74) is 0.327. The molecule has 0 aliphatic heterocycles. The van der Waals surface area contributed by atoms with Gasteiger partial charge in [0, 0.05) is 6.42 Å². The summed E-state index contributed by atoms with van der Waals surface area (Å²) in [5, 5.41) is 9.61. The van der Waals surface area contributed by atoms with E-state index in [1.165, 1.54) is 148 Å². The van der Waals surface area contributed by atoms with E-state index < -0.39 is 5.97 Å². The van der Waals surface area contributed by atoms with Gasteiger partial charge in [0.25, 0.3) is 0 Å². The molecular weight excluding hydrogens is 428 g/mol. The van der Waals surface area contributed by atoms with Gasteiger partial charge in [0.2, 0.25) is 0 Å². The summed E-state index contributed by atoms with van der Waals surface area (Å²) < 4.78 is 0. The van der Waals surface area contributed by atoms with Gasteiger partial charge in [0.05, 0.1) is 0 Å². The molecule has 0 heterocycles.